The highest BCUT2D eigenvalue weighted by Crippen LogP contribution is 2.24. The van der Waals surface area contributed by atoms with Crippen molar-refractivity contribution >= 4 is 17.6 Å². The van der Waals surface area contributed by atoms with E-state index in [1.54, 1.807) is 0 Å². The molecule has 1 fully saturated rings. The molecule has 0 bridgehead atoms. The Morgan fingerprint density at radius 2 is 2.25 bits per heavy atom. The Morgan fingerprint density at radius 1 is 1.40 bits per heavy atom. The van der Waals surface area contributed by atoms with Crippen LogP contribution in [0.25, 0.3) is 0 Å². The van der Waals surface area contributed by atoms with Crippen LogP contribution in [-0.2, 0) is 13.0 Å². The van der Waals surface area contributed by atoms with Crippen LogP contribution >= 0.6 is 11.8 Å². The molecule has 112 valence electrons. The Bertz CT molecular complexity index is 422. The molecule has 4 heteroatoms. The summed E-state index contributed by atoms with van der Waals surface area (Å²) in [5, 5.41) is 3.42. The molecule has 1 saturated heterocycles. The van der Waals surface area contributed by atoms with Crippen LogP contribution in [0.3, 0.4) is 0 Å². The molecule has 0 saturated carbocycles. The van der Waals surface area contributed by atoms with Crippen LogP contribution in [0.5, 0.6) is 0 Å². The summed E-state index contributed by atoms with van der Waals surface area (Å²) >= 11 is 2.05. The van der Waals surface area contributed by atoms with Gasteiger partial charge in [0.25, 0.3) is 0 Å². The number of aryl methyl sites for hydroxylation is 1. The predicted octanol–water partition coefficient (Wildman–Crippen LogP) is 3.09. The third kappa shape index (κ3) is 4.13. The highest BCUT2D eigenvalue weighted by molar-refractivity contribution is 7.99. The number of hydrogen-bond acceptors (Lipinski definition) is 4. The lowest BCUT2D eigenvalue weighted by atomic mass is 10.1. The van der Waals surface area contributed by atoms with E-state index in [-0.39, 0.29) is 0 Å². The van der Waals surface area contributed by atoms with Crippen LogP contribution in [0, 0.1) is 0 Å². The van der Waals surface area contributed by atoms with Crippen LogP contribution in [0.2, 0.25) is 0 Å². The van der Waals surface area contributed by atoms with Crippen LogP contribution in [-0.4, -0.2) is 35.6 Å². The van der Waals surface area contributed by atoms with Gasteiger partial charge >= 0.3 is 0 Å². The largest absolute Gasteiger partial charge is 0.352 e. The fourth-order valence-corrected chi connectivity index (χ4v) is 3.62. The Kier molecular flexibility index (Phi) is 6.17. The molecule has 1 N–H and O–H groups in total. The van der Waals surface area contributed by atoms with Gasteiger partial charge in [-0.2, -0.15) is 11.8 Å². The predicted molar refractivity (Wildman–Crippen MR) is 89.7 cm³/mol. The van der Waals surface area contributed by atoms with Crippen molar-refractivity contribution in [3.05, 3.63) is 23.4 Å². The van der Waals surface area contributed by atoms with E-state index in [1.165, 1.54) is 28.6 Å². The van der Waals surface area contributed by atoms with E-state index >= 15 is 0 Å². The van der Waals surface area contributed by atoms with Gasteiger partial charge in [0.2, 0.25) is 0 Å². The maximum atomic E-state index is 4.89. The fourth-order valence-electron chi connectivity index (χ4n) is 2.60. The second-order valence-electron chi connectivity index (χ2n) is 5.47. The number of thioether (sulfide) groups is 1. The van der Waals surface area contributed by atoms with Crippen molar-refractivity contribution in [2.24, 2.45) is 0 Å². The zero-order valence-electron chi connectivity index (χ0n) is 13.0. The molecule has 1 aromatic heterocycles. The number of pyridine rings is 1. The van der Waals surface area contributed by atoms with E-state index in [0.29, 0.717) is 6.04 Å². The molecule has 3 nitrogen and oxygen atoms in total. The van der Waals surface area contributed by atoms with Crippen LogP contribution in [0.15, 0.2) is 12.1 Å². The molecule has 1 aliphatic rings. The third-order valence-electron chi connectivity index (χ3n) is 3.67. The first-order chi connectivity index (χ1) is 9.74. The summed E-state index contributed by atoms with van der Waals surface area (Å²) in [4.78, 5) is 7.37. The third-order valence-corrected chi connectivity index (χ3v) is 4.86. The van der Waals surface area contributed by atoms with Gasteiger partial charge < -0.3 is 10.2 Å². The zero-order valence-corrected chi connectivity index (χ0v) is 13.8. The smallest absolute Gasteiger partial charge is 0.129 e. The maximum Gasteiger partial charge on any atom is 0.129 e. The van der Waals surface area contributed by atoms with Crippen LogP contribution < -0.4 is 10.2 Å². The standard InChI is InChI=1S/C16H27N3S/c1-4-6-15-9-14(11-17-5-2)10-16(18-15)19-7-8-20-12-13(19)3/h9-10,13,17H,4-8,11-12H2,1-3H3. The Balaban J connectivity index is 2.22. The Morgan fingerprint density at radius 3 is 2.95 bits per heavy atom. The average molecular weight is 293 g/mol. The first kappa shape index (κ1) is 15.6. The minimum absolute atomic E-state index is 0.588. The van der Waals surface area contributed by atoms with Gasteiger partial charge in [0.05, 0.1) is 0 Å². The van der Waals surface area contributed by atoms with Crippen LogP contribution in [0.1, 0.15) is 38.4 Å². The lowest BCUT2D eigenvalue weighted by molar-refractivity contribution is 0.680. The van der Waals surface area contributed by atoms with Crippen molar-refractivity contribution in [2.75, 3.05) is 29.5 Å². The summed E-state index contributed by atoms with van der Waals surface area (Å²) in [6.45, 7) is 9.76. The molecule has 1 unspecified atom stereocenters. The van der Waals surface area contributed by atoms with Crippen molar-refractivity contribution in [3.8, 4) is 0 Å². The van der Waals surface area contributed by atoms with Gasteiger partial charge in [0.15, 0.2) is 0 Å². The molecule has 0 amide bonds. The molecule has 2 rings (SSSR count). The van der Waals surface area contributed by atoms with Crippen molar-refractivity contribution in [1.29, 1.82) is 0 Å². The minimum atomic E-state index is 0.588. The highest BCUT2D eigenvalue weighted by atomic mass is 32.2. The molecule has 0 aliphatic carbocycles. The summed E-state index contributed by atoms with van der Waals surface area (Å²) in [7, 11) is 0. The van der Waals surface area contributed by atoms with Crippen molar-refractivity contribution in [2.45, 2.75) is 46.2 Å². The van der Waals surface area contributed by atoms with Gasteiger partial charge in [-0.15, -0.1) is 0 Å². The highest BCUT2D eigenvalue weighted by Gasteiger charge is 2.20. The molecule has 1 aromatic rings. The van der Waals surface area contributed by atoms with Crippen molar-refractivity contribution in [3.63, 3.8) is 0 Å². The molecule has 1 aliphatic heterocycles. The topological polar surface area (TPSA) is 28.2 Å². The second kappa shape index (κ2) is 7.89. The SMILES string of the molecule is CCCc1cc(CNCC)cc(N2CCSCC2C)n1. The monoisotopic (exact) mass is 293 g/mol. The molecule has 1 atom stereocenters. The number of hydrogen-bond donors (Lipinski definition) is 1. The summed E-state index contributed by atoms with van der Waals surface area (Å²) in [5.74, 6) is 3.60. The number of anilines is 1. The Hall–Kier alpha value is -0.740. The van der Waals surface area contributed by atoms with Gasteiger partial charge in [0, 0.05) is 36.3 Å². The fraction of sp³-hybridized carbons (Fsp3) is 0.688. The summed E-state index contributed by atoms with van der Waals surface area (Å²) in [6.07, 6.45) is 2.23. The summed E-state index contributed by atoms with van der Waals surface area (Å²) < 4.78 is 0. The summed E-state index contributed by atoms with van der Waals surface area (Å²) in [5.41, 5.74) is 2.61. The normalized spacial score (nSPS) is 19.4. The van der Waals surface area contributed by atoms with E-state index < -0.39 is 0 Å². The van der Waals surface area contributed by atoms with Gasteiger partial charge in [-0.1, -0.05) is 20.3 Å². The minimum Gasteiger partial charge on any atom is -0.352 e. The van der Waals surface area contributed by atoms with Crippen molar-refractivity contribution in [1.82, 2.24) is 10.3 Å². The zero-order chi connectivity index (χ0) is 14.4. The first-order valence-corrected chi connectivity index (χ1v) is 8.95. The lowest BCUT2D eigenvalue weighted by Crippen LogP contribution is -2.41. The number of nitrogens with zero attached hydrogens (tertiary/aromatic N) is 2. The first-order valence-electron chi connectivity index (χ1n) is 7.79. The van der Waals surface area contributed by atoms with E-state index in [1.807, 2.05) is 0 Å². The molecule has 0 spiro atoms. The quantitative estimate of drug-likeness (QED) is 0.872. The van der Waals surface area contributed by atoms with E-state index in [9.17, 15) is 0 Å². The molecular weight excluding hydrogens is 266 g/mol. The molecule has 2 heterocycles. The lowest BCUT2D eigenvalue weighted by Gasteiger charge is -2.34. The second-order valence-corrected chi connectivity index (χ2v) is 6.62. The van der Waals surface area contributed by atoms with E-state index in [2.05, 4.69) is 54.9 Å². The van der Waals surface area contributed by atoms with E-state index in [4.69, 9.17) is 4.98 Å². The summed E-state index contributed by atoms with van der Waals surface area (Å²) in [6, 6.07) is 5.12. The molecule has 20 heavy (non-hydrogen) atoms. The maximum absolute atomic E-state index is 4.89. The number of rotatable bonds is 6. The van der Waals surface area contributed by atoms with Gasteiger partial charge in [-0.05, 0) is 37.6 Å². The Labute approximate surface area is 127 Å². The average Bonchev–Trinajstić information content (AvgIpc) is 2.46. The molecule has 0 radical (unpaired) electrons. The number of nitrogens with one attached hydrogen (secondary N) is 1. The van der Waals surface area contributed by atoms with Gasteiger partial charge in [-0.25, -0.2) is 4.98 Å². The van der Waals surface area contributed by atoms with Crippen molar-refractivity contribution < 1.29 is 0 Å². The van der Waals surface area contributed by atoms with Crippen LogP contribution in [0.4, 0.5) is 5.82 Å². The molecular formula is C16H27N3S. The molecule has 0 aromatic carbocycles. The van der Waals surface area contributed by atoms with E-state index in [0.717, 1.165) is 32.5 Å². The number of aromatic nitrogens is 1. The van der Waals surface area contributed by atoms with Gasteiger partial charge in [0.1, 0.15) is 5.82 Å². The van der Waals surface area contributed by atoms with Gasteiger partial charge in [-0.3, -0.25) is 0 Å².